The predicted octanol–water partition coefficient (Wildman–Crippen LogP) is 3.77. The van der Waals surface area contributed by atoms with Gasteiger partial charge in [0.15, 0.2) is 0 Å². The number of carboxylic acid groups (broad SMARTS) is 1. The Hall–Kier alpha value is -0.790. The van der Waals surface area contributed by atoms with Crippen molar-refractivity contribution in [3.05, 3.63) is 11.1 Å². The zero-order chi connectivity index (χ0) is 11.5. The Labute approximate surface area is 97.7 Å². The Kier molecular flexibility index (Phi) is 3.67. The standard InChI is InChI=1S/C14H22O2/c1-10(11-6-2-3-7-11)13(14(15)16)12-8-4-5-9-12/h11-12H,2-9H2,1H3,(H,15,16). The molecule has 0 aromatic heterocycles. The van der Waals surface area contributed by atoms with E-state index < -0.39 is 5.97 Å². The van der Waals surface area contributed by atoms with E-state index in [0.717, 1.165) is 18.4 Å². The number of hydrogen-bond donors (Lipinski definition) is 1. The largest absolute Gasteiger partial charge is 0.478 e. The van der Waals surface area contributed by atoms with Gasteiger partial charge in [0.25, 0.3) is 0 Å². The lowest BCUT2D eigenvalue weighted by Crippen LogP contribution is -2.15. The van der Waals surface area contributed by atoms with E-state index in [1.54, 1.807) is 0 Å². The van der Waals surface area contributed by atoms with E-state index in [1.165, 1.54) is 44.1 Å². The van der Waals surface area contributed by atoms with Crippen LogP contribution in [0.25, 0.3) is 0 Å². The Morgan fingerprint density at radius 3 is 1.81 bits per heavy atom. The van der Waals surface area contributed by atoms with Crippen LogP contribution in [0, 0.1) is 11.8 Å². The van der Waals surface area contributed by atoms with Crippen LogP contribution in [0.4, 0.5) is 0 Å². The summed E-state index contributed by atoms with van der Waals surface area (Å²) in [5, 5.41) is 9.41. The van der Waals surface area contributed by atoms with Gasteiger partial charge >= 0.3 is 5.97 Å². The fourth-order valence-electron chi connectivity index (χ4n) is 3.46. The maximum absolute atomic E-state index is 11.4. The minimum absolute atomic E-state index is 0.345. The van der Waals surface area contributed by atoms with Gasteiger partial charge in [-0.05, 0) is 44.4 Å². The second-order valence-electron chi connectivity index (χ2n) is 5.36. The third-order valence-electron chi connectivity index (χ3n) is 4.39. The molecule has 2 rings (SSSR count). The van der Waals surface area contributed by atoms with Crippen LogP contribution in [0.3, 0.4) is 0 Å². The van der Waals surface area contributed by atoms with E-state index in [9.17, 15) is 9.90 Å². The molecule has 0 aromatic carbocycles. The van der Waals surface area contributed by atoms with Gasteiger partial charge < -0.3 is 5.11 Å². The molecule has 2 aliphatic carbocycles. The van der Waals surface area contributed by atoms with Gasteiger partial charge in [0.05, 0.1) is 0 Å². The monoisotopic (exact) mass is 222 g/mol. The van der Waals surface area contributed by atoms with E-state index in [0.29, 0.717) is 11.8 Å². The molecule has 2 nitrogen and oxygen atoms in total. The van der Waals surface area contributed by atoms with Crippen LogP contribution in [-0.2, 0) is 4.79 Å². The molecule has 0 heterocycles. The lowest BCUT2D eigenvalue weighted by atomic mass is 9.86. The summed E-state index contributed by atoms with van der Waals surface area (Å²) in [5.41, 5.74) is 1.96. The van der Waals surface area contributed by atoms with Gasteiger partial charge in [0.2, 0.25) is 0 Å². The fraction of sp³-hybridized carbons (Fsp3) is 0.786. The maximum Gasteiger partial charge on any atom is 0.331 e. The van der Waals surface area contributed by atoms with Crippen molar-refractivity contribution in [2.45, 2.75) is 58.3 Å². The Bertz CT molecular complexity index is 292. The van der Waals surface area contributed by atoms with Gasteiger partial charge in [-0.25, -0.2) is 4.79 Å². The van der Waals surface area contributed by atoms with Crippen LogP contribution in [0.1, 0.15) is 58.3 Å². The van der Waals surface area contributed by atoms with E-state index in [-0.39, 0.29) is 0 Å². The summed E-state index contributed by atoms with van der Waals surface area (Å²) < 4.78 is 0. The first-order chi connectivity index (χ1) is 7.70. The third-order valence-corrected chi connectivity index (χ3v) is 4.39. The highest BCUT2D eigenvalue weighted by Gasteiger charge is 2.29. The summed E-state index contributed by atoms with van der Waals surface area (Å²) in [5.74, 6) is 0.251. The quantitative estimate of drug-likeness (QED) is 0.738. The molecule has 0 spiro atoms. The average molecular weight is 222 g/mol. The molecule has 90 valence electrons. The van der Waals surface area contributed by atoms with Crippen molar-refractivity contribution < 1.29 is 9.90 Å². The summed E-state index contributed by atoms with van der Waals surface area (Å²) in [6.45, 7) is 2.07. The molecule has 0 atom stereocenters. The molecule has 0 saturated heterocycles. The van der Waals surface area contributed by atoms with Crippen LogP contribution in [0.5, 0.6) is 0 Å². The summed E-state index contributed by atoms with van der Waals surface area (Å²) in [7, 11) is 0. The van der Waals surface area contributed by atoms with E-state index in [2.05, 4.69) is 6.92 Å². The molecule has 2 fully saturated rings. The summed E-state index contributed by atoms with van der Waals surface area (Å²) in [4.78, 5) is 11.4. The smallest absolute Gasteiger partial charge is 0.331 e. The summed E-state index contributed by atoms with van der Waals surface area (Å²) >= 11 is 0. The van der Waals surface area contributed by atoms with Gasteiger partial charge in [0.1, 0.15) is 0 Å². The first-order valence-electron chi connectivity index (χ1n) is 6.64. The Morgan fingerprint density at radius 2 is 1.38 bits per heavy atom. The molecular formula is C14H22O2. The fourth-order valence-corrected chi connectivity index (χ4v) is 3.46. The van der Waals surface area contributed by atoms with E-state index in [4.69, 9.17) is 0 Å². The summed E-state index contributed by atoms with van der Waals surface area (Å²) in [6.07, 6.45) is 9.56. The first-order valence-corrected chi connectivity index (χ1v) is 6.64. The lowest BCUT2D eigenvalue weighted by Gasteiger charge is -2.18. The van der Waals surface area contributed by atoms with Crippen molar-refractivity contribution in [1.82, 2.24) is 0 Å². The minimum atomic E-state index is -0.656. The predicted molar refractivity (Wildman–Crippen MR) is 64.3 cm³/mol. The number of aliphatic carboxylic acids is 1. The molecule has 0 bridgehead atoms. The topological polar surface area (TPSA) is 37.3 Å². The van der Waals surface area contributed by atoms with Crippen LogP contribution in [0.15, 0.2) is 11.1 Å². The minimum Gasteiger partial charge on any atom is -0.478 e. The van der Waals surface area contributed by atoms with Crippen molar-refractivity contribution >= 4 is 5.97 Å². The van der Waals surface area contributed by atoms with Gasteiger partial charge in [-0.1, -0.05) is 31.3 Å². The Morgan fingerprint density at radius 1 is 0.938 bits per heavy atom. The molecule has 16 heavy (non-hydrogen) atoms. The number of carboxylic acids is 1. The number of rotatable bonds is 3. The van der Waals surface area contributed by atoms with Crippen LogP contribution in [0.2, 0.25) is 0 Å². The maximum atomic E-state index is 11.4. The summed E-state index contributed by atoms with van der Waals surface area (Å²) in [6, 6.07) is 0. The molecule has 2 aliphatic rings. The second-order valence-corrected chi connectivity index (χ2v) is 5.36. The lowest BCUT2D eigenvalue weighted by molar-refractivity contribution is -0.133. The zero-order valence-corrected chi connectivity index (χ0v) is 10.2. The van der Waals surface area contributed by atoms with Crippen LogP contribution in [-0.4, -0.2) is 11.1 Å². The SMILES string of the molecule is CC(=C(C(=O)O)C1CCCC1)C1CCCC1. The highest BCUT2D eigenvalue weighted by Crippen LogP contribution is 2.38. The van der Waals surface area contributed by atoms with Crippen LogP contribution < -0.4 is 0 Å². The number of hydrogen-bond acceptors (Lipinski definition) is 1. The van der Waals surface area contributed by atoms with E-state index >= 15 is 0 Å². The molecule has 2 heteroatoms. The zero-order valence-electron chi connectivity index (χ0n) is 10.2. The average Bonchev–Trinajstić information content (AvgIpc) is 2.89. The van der Waals surface area contributed by atoms with Gasteiger partial charge in [-0.3, -0.25) is 0 Å². The van der Waals surface area contributed by atoms with Crippen molar-refractivity contribution in [3.63, 3.8) is 0 Å². The van der Waals surface area contributed by atoms with Gasteiger partial charge in [0, 0.05) is 5.57 Å². The molecule has 0 aliphatic heterocycles. The van der Waals surface area contributed by atoms with Crippen LogP contribution >= 0.6 is 0 Å². The van der Waals surface area contributed by atoms with Crippen molar-refractivity contribution in [2.24, 2.45) is 11.8 Å². The number of carbonyl (C=O) groups is 1. The molecule has 0 unspecified atom stereocenters. The Balaban J connectivity index is 2.21. The van der Waals surface area contributed by atoms with Gasteiger partial charge in [-0.2, -0.15) is 0 Å². The van der Waals surface area contributed by atoms with E-state index in [1.807, 2.05) is 0 Å². The van der Waals surface area contributed by atoms with Gasteiger partial charge in [-0.15, -0.1) is 0 Å². The normalized spacial score (nSPS) is 24.8. The molecule has 0 radical (unpaired) electrons. The second kappa shape index (κ2) is 5.03. The first kappa shape index (κ1) is 11.7. The highest BCUT2D eigenvalue weighted by atomic mass is 16.4. The molecule has 2 saturated carbocycles. The molecule has 0 aromatic rings. The molecule has 0 amide bonds. The molecular weight excluding hydrogens is 200 g/mol. The highest BCUT2D eigenvalue weighted by molar-refractivity contribution is 5.88. The van der Waals surface area contributed by atoms with Crippen molar-refractivity contribution in [2.75, 3.05) is 0 Å². The van der Waals surface area contributed by atoms with Crippen molar-refractivity contribution in [3.8, 4) is 0 Å². The van der Waals surface area contributed by atoms with Crippen molar-refractivity contribution in [1.29, 1.82) is 0 Å². The third kappa shape index (κ3) is 2.31. The molecule has 1 N–H and O–H groups in total. The number of allylic oxidation sites excluding steroid dienone is 1.